The minimum absolute atomic E-state index is 0.157. The molecule has 1 heterocycles. The molecule has 0 saturated carbocycles. The van der Waals surface area contributed by atoms with Crippen molar-refractivity contribution in [1.29, 1.82) is 0 Å². The fourth-order valence-electron chi connectivity index (χ4n) is 1.48. The lowest BCUT2D eigenvalue weighted by atomic mass is 9.85. The molecule has 1 aromatic heterocycles. The van der Waals surface area contributed by atoms with Crippen LogP contribution in [0.3, 0.4) is 0 Å². The lowest BCUT2D eigenvalue weighted by Crippen LogP contribution is -2.18. The summed E-state index contributed by atoms with van der Waals surface area (Å²) in [6.45, 7) is 4.24. The van der Waals surface area contributed by atoms with Gasteiger partial charge >= 0.3 is 0 Å². The third-order valence-corrected chi connectivity index (χ3v) is 4.15. The number of nitrogen functional groups attached to an aromatic ring is 1. The molecular formula is C11H12BrN3S. The molecule has 0 aliphatic carbocycles. The predicted molar refractivity (Wildman–Crippen MR) is 70.6 cm³/mol. The van der Waals surface area contributed by atoms with E-state index < -0.39 is 0 Å². The van der Waals surface area contributed by atoms with E-state index in [0.717, 1.165) is 9.48 Å². The Morgan fingerprint density at radius 2 is 1.81 bits per heavy atom. The number of hydrogen-bond donors (Lipinski definition) is 1. The van der Waals surface area contributed by atoms with E-state index in [9.17, 15) is 0 Å². The molecule has 0 fully saturated rings. The van der Waals surface area contributed by atoms with Gasteiger partial charge in [0.2, 0.25) is 5.13 Å². The van der Waals surface area contributed by atoms with Crippen LogP contribution < -0.4 is 5.73 Å². The topological polar surface area (TPSA) is 51.8 Å². The van der Waals surface area contributed by atoms with Crippen LogP contribution >= 0.6 is 27.3 Å². The molecule has 0 atom stereocenters. The van der Waals surface area contributed by atoms with Crippen LogP contribution in [0.1, 0.15) is 24.4 Å². The Morgan fingerprint density at radius 1 is 1.19 bits per heavy atom. The number of halogens is 1. The fourth-order valence-corrected chi connectivity index (χ4v) is 2.48. The van der Waals surface area contributed by atoms with Crippen LogP contribution in [-0.4, -0.2) is 10.2 Å². The summed E-state index contributed by atoms with van der Waals surface area (Å²) in [4.78, 5) is 0. The number of nitrogens with zero attached hydrogens (tertiary/aromatic N) is 2. The molecule has 3 nitrogen and oxygen atoms in total. The van der Waals surface area contributed by atoms with Gasteiger partial charge < -0.3 is 5.73 Å². The number of aromatic nitrogens is 2. The molecule has 0 aliphatic rings. The van der Waals surface area contributed by atoms with Crippen LogP contribution in [0.15, 0.2) is 28.7 Å². The van der Waals surface area contributed by atoms with Gasteiger partial charge in [0, 0.05) is 9.89 Å². The molecule has 2 aromatic rings. The zero-order valence-electron chi connectivity index (χ0n) is 9.07. The summed E-state index contributed by atoms with van der Waals surface area (Å²) in [5.74, 6) is 0. The molecule has 2 N–H and O–H groups in total. The van der Waals surface area contributed by atoms with Crippen molar-refractivity contribution in [3.63, 3.8) is 0 Å². The molecular weight excluding hydrogens is 286 g/mol. The third-order valence-electron chi connectivity index (χ3n) is 2.54. The van der Waals surface area contributed by atoms with Gasteiger partial charge in [0.25, 0.3) is 0 Å². The normalized spacial score (nSPS) is 11.7. The molecule has 0 saturated heterocycles. The number of nitrogens with two attached hydrogens (primary N) is 1. The second-order valence-electron chi connectivity index (χ2n) is 4.08. The van der Waals surface area contributed by atoms with Crippen molar-refractivity contribution in [2.75, 3.05) is 5.73 Å². The maximum Gasteiger partial charge on any atom is 0.203 e. The highest BCUT2D eigenvalue weighted by Crippen LogP contribution is 2.34. The van der Waals surface area contributed by atoms with Gasteiger partial charge in [-0.2, -0.15) is 0 Å². The lowest BCUT2D eigenvalue weighted by Gasteiger charge is -2.21. The largest absolute Gasteiger partial charge is 0.374 e. The lowest BCUT2D eigenvalue weighted by molar-refractivity contribution is 0.626. The van der Waals surface area contributed by atoms with E-state index in [1.54, 1.807) is 0 Å². The molecule has 2 rings (SSSR count). The van der Waals surface area contributed by atoms with E-state index in [1.165, 1.54) is 16.9 Å². The highest BCUT2D eigenvalue weighted by Gasteiger charge is 2.27. The fraction of sp³-hybridized carbons (Fsp3) is 0.273. The summed E-state index contributed by atoms with van der Waals surface area (Å²) >= 11 is 4.86. The minimum Gasteiger partial charge on any atom is -0.374 e. The number of anilines is 1. The van der Waals surface area contributed by atoms with Crippen molar-refractivity contribution in [3.05, 3.63) is 39.3 Å². The minimum atomic E-state index is -0.157. The quantitative estimate of drug-likeness (QED) is 0.926. The summed E-state index contributed by atoms with van der Waals surface area (Å²) in [5, 5.41) is 9.43. The number of rotatable bonds is 2. The van der Waals surface area contributed by atoms with Gasteiger partial charge in [0.1, 0.15) is 5.01 Å². The van der Waals surface area contributed by atoms with Crippen molar-refractivity contribution in [1.82, 2.24) is 10.2 Å². The standard InChI is InChI=1S/C11H12BrN3S/c1-11(2,9-14-15-10(13)16-9)7-3-5-8(12)6-4-7/h3-6H,1-2H3,(H2,13,15). The second-order valence-corrected chi connectivity index (χ2v) is 6.00. The molecule has 5 heteroatoms. The first-order valence-electron chi connectivity index (χ1n) is 4.85. The zero-order valence-corrected chi connectivity index (χ0v) is 11.5. The second kappa shape index (κ2) is 4.14. The molecule has 0 bridgehead atoms. The van der Waals surface area contributed by atoms with E-state index >= 15 is 0 Å². The van der Waals surface area contributed by atoms with Gasteiger partial charge in [-0.1, -0.05) is 39.4 Å². The molecule has 0 spiro atoms. The maximum atomic E-state index is 5.61. The van der Waals surface area contributed by atoms with Crippen LogP contribution in [-0.2, 0) is 5.41 Å². The van der Waals surface area contributed by atoms with Crippen molar-refractivity contribution in [3.8, 4) is 0 Å². The van der Waals surface area contributed by atoms with Crippen LogP contribution in [0, 0.1) is 0 Å². The highest BCUT2D eigenvalue weighted by atomic mass is 79.9. The van der Waals surface area contributed by atoms with Crippen molar-refractivity contribution >= 4 is 32.4 Å². The van der Waals surface area contributed by atoms with Gasteiger partial charge in [-0.3, -0.25) is 0 Å². The summed E-state index contributed by atoms with van der Waals surface area (Å²) < 4.78 is 1.07. The molecule has 16 heavy (non-hydrogen) atoms. The maximum absolute atomic E-state index is 5.61. The van der Waals surface area contributed by atoms with Crippen LogP contribution in [0.25, 0.3) is 0 Å². The molecule has 84 valence electrons. The van der Waals surface area contributed by atoms with Crippen LogP contribution in [0.2, 0.25) is 0 Å². The van der Waals surface area contributed by atoms with Gasteiger partial charge in [-0.25, -0.2) is 0 Å². The van der Waals surface area contributed by atoms with E-state index in [1.807, 2.05) is 12.1 Å². The first-order valence-corrected chi connectivity index (χ1v) is 6.46. The van der Waals surface area contributed by atoms with Gasteiger partial charge in [-0.05, 0) is 31.5 Å². The number of hydrogen-bond acceptors (Lipinski definition) is 4. The monoisotopic (exact) mass is 297 g/mol. The Kier molecular flexibility index (Phi) is 2.99. The van der Waals surface area contributed by atoms with Crippen molar-refractivity contribution in [2.24, 2.45) is 0 Å². The van der Waals surface area contributed by atoms with E-state index in [0.29, 0.717) is 5.13 Å². The van der Waals surface area contributed by atoms with E-state index in [-0.39, 0.29) is 5.41 Å². The van der Waals surface area contributed by atoms with Gasteiger partial charge in [0.05, 0.1) is 0 Å². The Morgan fingerprint density at radius 3 is 2.31 bits per heavy atom. The zero-order chi connectivity index (χ0) is 11.8. The van der Waals surface area contributed by atoms with E-state index in [4.69, 9.17) is 5.73 Å². The average molecular weight is 298 g/mol. The van der Waals surface area contributed by atoms with Crippen LogP contribution in [0.4, 0.5) is 5.13 Å². The third kappa shape index (κ3) is 2.10. The Labute approximate surface area is 107 Å². The first kappa shape index (κ1) is 11.5. The smallest absolute Gasteiger partial charge is 0.203 e. The summed E-state index contributed by atoms with van der Waals surface area (Å²) in [6.07, 6.45) is 0. The first-order chi connectivity index (χ1) is 7.50. The molecule has 1 aromatic carbocycles. The van der Waals surface area contributed by atoms with Gasteiger partial charge in [0.15, 0.2) is 0 Å². The Hall–Kier alpha value is -0.940. The van der Waals surface area contributed by atoms with Crippen molar-refractivity contribution in [2.45, 2.75) is 19.3 Å². The summed E-state index contributed by atoms with van der Waals surface area (Å²) in [5.41, 5.74) is 6.66. The highest BCUT2D eigenvalue weighted by molar-refractivity contribution is 9.10. The summed E-state index contributed by atoms with van der Waals surface area (Å²) in [6, 6.07) is 8.23. The molecule has 0 radical (unpaired) electrons. The van der Waals surface area contributed by atoms with Crippen molar-refractivity contribution < 1.29 is 0 Å². The van der Waals surface area contributed by atoms with E-state index in [2.05, 4.69) is 52.1 Å². The Bertz CT molecular complexity index is 490. The number of benzene rings is 1. The Balaban J connectivity index is 2.42. The molecule has 0 aliphatic heterocycles. The average Bonchev–Trinajstić information content (AvgIpc) is 2.66. The predicted octanol–water partition coefficient (Wildman–Crippen LogP) is 3.21. The molecule has 0 amide bonds. The van der Waals surface area contributed by atoms with Gasteiger partial charge in [-0.15, -0.1) is 10.2 Å². The summed E-state index contributed by atoms with van der Waals surface area (Å²) in [7, 11) is 0. The van der Waals surface area contributed by atoms with Crippen LogP contribution in [0.5, 0.6) is 0 Å². The molecule has 0 unspecified atom stereocenters. The SMILES string of the molecule is CC(C)(c1ccc(Br)cc1)c1nnc(N)s1.